The van der Waals surface area contributed by atoms with Crippen molar-refractivity contribution in [3.63, 3.8) is 0 Å². The average Bonchev–Trinajstić information content (AvgIpc) is 3.19. The third kappa shape index (κ3) is 5.08. The van der Waals surface area contributed by atoms with E-state index in [-0.39, 0.29) is 0 Å². The number of hydrogen-bond donors (Lipinski definition) is 2. The van der Waals surface area contributed by atoms with Crippen LogP contribution in [-0.2, 0) is 6.54 Å². The molecule has 26 heavy (non-hydrogen) atoms. The Balaban J connectivity index is 1.63. The van der Waals surface area contributed by atoms with Crippen molar-refractivity contribution in [2.75, 3.05) is 26.7 Å². The van der Waals surface area contributed by atoms with Crippen molar-refractivity contribution >= 4 is 17.3 Å². The Labute approximate surface area is 161 Å². The number of piperidine rings is 1. The van der Waals surface area contributed by atoms with Gasteiger partial charge in [-0.3, -0.25) is 4.90 Å². The molecule has 0 saturated carbocycles. The maximum Gasteiger partial charge on any atom is 0.191 e. The molecule has 0 amide bonds. The Morgan fingerprint density at radius 2 is 2.04 bits per heavy atom. The van der Waals surface area contributed by atoms with Gasteiger partial charge in [-0.25, -0.2) is 4.99 Å². The van der Waals surface area contributed by atoms with Gasteiger partial charge in [-0.15, -0.1) is 11.3 Å². The fourth-order valence-electron chi connectivity index (χ4n) is 3.71. The van der Waals surface area contributed by atoms with E-state index >= 15 is 0 Å². The number of hydrogen-bond acceptors (Lipinski definition) is 3. The molecule has 0 radical (unpaired) electrons. The van der Waals surface area contributed by atoms with E-state index in [4.69, 9.17) is 4.99 Å². The summed E-state index contributed by atoms with van der Waals surface area (Å²) in [5, 5.41) is 9.16. The first-order valence-electron chi connectivity index (χ1n) is 9.57. The summed E-state index contributed by atoms with van der Waals surface area (Å²) in [5.74, 6) is 1.52. The molecule has 140 valence electrons. The van der Waals surface area contributed by atoms with Crippen molar-refractivity contribution in [3.8, 4) is 0 Å². The molecular formula is C21H30N4S. The van der Waals surface area contributed by atoms with E-state index < -0.39 is 0 Å². The molecule has 1 fully saturated rings. The molecule has 2 N–H and O–H groups in total. The Morgan fingerprint density at radius 1 is 1.19 bits per heavy atom. The zero-order valence-electron chi connectivity index (χ0n) is 15.8. The number of likely N-dealkylation sites (tertiary alicyclic amines) is 1. The molecule has 0 aliphatic carbocycles. The third-order valence-electron chi connectivity index (χ3n) is 4.98. The molecule has 2 heterocycles. The van der Waals surface area contributed by atoms with Crippen molar-refractivity contribution in [1.29, 1.82) is 0 Å². The summed E-state index contributed by atoms with van der Waals surface area (Å²) < 4.78 is 0. The van der Waals surface area contributed by atoms with Crippen LogP contribution in [0.4, 0.5) is 0 Å². The summed E-state index contributed by atoms with van der Waals surface area (Å²) >= 11 is 1.87. The lowest BCUT2D eigenvalue weighted by atomic mass is 9.88. The number of nitrogens with zero attached hydrogens (tertiary/aromatic N) is 2. The number of nitrogens with one attached hydrogen (secondary N) is 2. The highest BCUT2D eigenvalue weighted by Gasteiger charge is 2.31. The fraction of sp³-hybridized carbons (Fsp3) is 0.476. The highest BCUT2D eigenvalue weighted by molar-refractivity contribution is 7.10. The first-order valence-corrected chi connectivity index (χ1v) is 10.5. The predicted octanol–water partition coefficient (Wildman–Crippen LogP) is 3.89. The molecule has 1 aromatic heterocycles. The van der Waals surface area contributed by atoms with E-state index in [0.717, 1.165) is 19.0 Å². The summed E-state index contributed by atoms with van der Waals surface area (Å²) in [6.07, 6.45) is 2.53. The lowest BCUT2D eigenvalue weighted by molar-refractivity contribution is 0.125. The summed E-state index contributed by atoms with van der Waals surface area (Å²) in [7, 11) is 2.26. The van der Waals surface area contributed by atoms with Crippen LogP contribution in [0.25, 0.3) is 0 Å². The number of rotatable bonds is 6. The molecule has 0 bridgehead atoms. The van der Waals surface area contributed by atoms with Crippen molar-refractivity contribution < 1.29 is 0 Å². The van der Waals surface area contributed by atoms with Crippen molar-refractivity contribution in [3.05, 3.63) is 58.3 Å². The van der Waals surface area contributed by atoms with Crippen LogP contribution in [0.3, 0.4) is 0 Å². The van der Waals surface area contributed by atoms with Gasteiger partial charge in [-0.05, 0) is 56.3 Å². The molecule has 3 rings (SSSR count). The maximum absolute atomic E-state index is 4.76. The van der Waals surface area contributed by atoms with E-state index in [9.17, 15) is 0 Å². The van der Waals surface area contributed by atoms with Crippen LogP contribution in [0.15, 0.2) is 52.8 Å². The lowest BCUT2D eigenvalue weighted by Crippen LogP contribution is -2.44. The van der Waals surface area contributed by atoms with Gasteiger partial charge in [0.2, 0.25) is 0 Å². The van der Waals surface area contributed by atoms with Crippen LogP contribution < -0.4 is 10.6 Å². The first kappa shape index (κ1) is 18.9. The largest absolute Gasteiger partial charge is 0.357 e. The van der Waals surface area contributed by atoms with Crippen LogP contribution in [0, 0.1) is 5.92 Å². The molecule has 1 aromatic carbocycles. The molecule has 1 aliphatic heterocycles. The maximum atomic E-state index is 4.76. The third-order valence-corrected chi connectivity index (χ3v) is 5.92. The van der Waals surface area contributed by atoms with Gasteiger partial charge in [-0.1, -0.05) is 36.4 Å². The molecular weight excluding hydrogens is 340 g/mol. The van der Waals surface area contributed by atoms with Gasteiger partial charge in [0.1, 0.15) is 0 Å². The minimum Gasteiger partial charge on any atom is -0.357 e. The summed E-state index contributed by atoms with van der Waals surface area (Å²) in [5.41, 5.74) is 1.23. The Kier molecular flexibility index (Phi) is 7.09. The highest BCUT2D eigenvalue weighted by atomic mass is 32.1. The standard InChI is InChI=1S/C21H30N4S/c1-3-22-21(23-15-17-9-5-4-6-10-17)24-16-18-11-7-13-25(2)20(18)19-12-8-14-26-19/h4-6,8-10,12,14,18,20H,3,7,11,13,15-16H2,1-2H3,(H2,22,23,24). The van der Waals surface area contributed by atoms with Crippen LogP contribution in [0.1, 0.15) is 36.2 Å². The molecule has 4 nitrogen and oxygen atoms in total. The van der Waals surface area contributed by atoms with E-state index in [1.165, 1.54) is 29.8 Å². The fourth-order valence-corrected chi connectivity index (χ4v) is 4.69. The number of guanidine groups is 1. The molecule has 0 spiro atoms. The minimum atomic E-state index is 0.508. The minimum absolute atomic E-state index is 0.508. The van der Waals surface area contributed by atoms with Gasteiger partial charge >= 0.3 is 0 Å². The Morgan fingerprint density at radius 3 is 2.77 bits per heavy atom. The zero-order chi connectivity index (χ0) is 18.2. The summed E-state index contributed by atoms with van der Waals surface area (Å²) in [6, 6.07) is 15.4. The SMILES string of the molecule is CCNC(=NCc1ccccc1)NCC1CCCN(C)C1c1cccs1. The summed E-state index contributed by atoms with van der Waals surface area (Å²) in [4.78, 5) is 8.75. The molecule has 5 heteroatoms. The van der Waals surface area contributed by atoms with Crippen LogP contribution in [0.5, 0.6) is 0 Å². The van der Waals surface area contributed by atoms with Gasteiger partial charge in [0, 0.05) is 24.0 Å². The molecule has 1 aliphatic rings. The molecule has 2 aromatic rings. The average molecular weight is 371 g/mol. The topological polar surface area (TPSA) is 39.7 Å². The number of aliphatic imine (C=N–C) groups is 1. The van der Waals surface area contributed by atoms with Gasteiger partial charge in [-0.2, -0.15) is 0 Å². The molecule has 2 unspecified atom stereocenters. The van der Waals surface area contributed by atoms with Gasteiger partial charge < -0.3 is 10.6 Å². The van der Waals surface area contributed by atoms with Crippen molar-refractivity contribution in [2.24, 2.45) is 10.9 Å². The van der Waals surface area contributed by atoms with E-state index in [2.05, 4.69) is 71.3 Å². The smallest absolute Gasteiger partial charge is 0.191 e. The van der Waals surface area contributed by atoms with E-state index in [0.29, 0.717) is 18.5 Å². The Bertz CT molecular complexity index is 669. The molecule has 2 atom stereocenters. The van der Waals surface area contributed by atoms with Crippen molar-refractivity contribution in [2.45, 2.75) is 32.4 Å². The van der Waals surface area contributed by atoms with Crippen LogP contribution in [0.2, 0.25) is 0 Å². The quantitative estimate of drug-likeness (QED) is 0.599. The number of thiophene rings is 1. The predicted molar refractivity (Wildman–Crippen MR) is 112 cm³/mol. The highest BCUT2D eigenvalue weighted by Crippen LogP contribution is 2.36. The van der Waals surface area contributed by atoms with Gasteiger partial charge in [0.25, 0.3) is 0 Å². The number of benzene rings is 1. The second kappa shape index (κ2) is 9.74. The van der Waals surface area contributed by atoms with Gasteiger partial charge in [0.05, 0.1) is 6.54 Å². The van der Waals surface area contributed by atoms with Crippen LogP contribution >= 0.6 is 11.3 Å². The van der Waals surface area contributed by atoms with Crippen molar-refractivity contribution in [1.82, 2.24) is 15.5 Å². The van der Waals surface area contributed by atoms with E-state index in [1.54, 1.807) is 0 Å². The second-order valence-electron chi connectivity index (χ2n) is 6.90. The molecule has 1 saturated heterocycles. The van der Waals surface area contributed by atoms with E-state index in [1.807, 2.05) is 17.4 Å². The normalized spacial score (nSPS) is 21.5. The lowest BCUT2D eigenvalue weighted by Gasteiger charge is -2.39. The van der Waals surface area contributed by atoms with Crippen LogP contribution in [-0.4, -0.2) is 37.5 Å². The summed E-state index contributed by atoms with van der Waals surface area (Å²) in [6.45, 7) is 5.83. The van der Waals surface area contributed by atoms with Gasteiger partial charge in [0.15, 0.2) is 5.96 Å². The zero-order valence-corrected chi connectivity index (χ0v) is 16.6. The first-order chi connectivity index (χ1) is 12.8. The monoisotopic (exact) mass is 370 g/mol. The Hall–Kier alpha value is -1.85. The second-order valence-corrected chi connectivity index (χ2v) is 7.88.